The molecule has 1 N–H and O–H groups in total. The summed E-state index contributed by atoms with van der Waals surface area (Å²) in [7, 11) is 2.00. The van der Waals surface area contributed by atoms with Crippen LogP contribution < -0.4 is 5.32 Å². The maximum atomic E-state index is 5.43. The van der Waals surface area contributed by atoms with Gasteiger partial charge in [0.15, 0.2) is 0 Å². The van der Waals surface area contributed by atoms with E-state index in [1.54, 1.807) is 6.26 Å². The molecule has 0 aliphatic heterocycles. The second-order valence-corrected chi connectivity index (χ2v) is 5.58. The normalized spacial score (nSPS) is 12.8. The molecule has 2 aromatic rings. The van der Waals surface area contributed by atoms with E-state index in [9.17, 15) is 0 Å². The molecule has 1 unspecified atom stereocenters. The Morgan fingerprint density at radius 3 is 2.48 bits per heavy atom. The van der Waals surface area contributed by atoms with Gasteiger partial charge >= 0.3 is 0 Å². The quantitative estimate of drug-likeness (QED) is 0.803. The molecule has 0 spiro atoms. The molecule has 1 aromatic heterocycles. The van der Waals surface area contributed by atoms with Crippen LogP contribution in [0.25, 0.3) is 0 Å². The fraction of sp³-hybridized carbons (Fsp3) is 0.444. The van der Waals surface area contributed by atoms with Crippen molar-refractivity contribution >= 4 is 0 Å². The van der Waals surface area contributed by atoms with Crippen molar-refractivity contribution in [3.63, 3.8) is 0 Å². The Bertz CT molecular complexity index is 505. The molecule has 0 fully saturated rings. The third-order valence-corrected chi connectivity index (χ3v) is 3.87. The van der Waals surface area contributed by atoms with E-state index < -0.39 is 0 Å². The van der Waals surface area contributed by atoms with E-state index in [1.165, 1.54) is 11.1 Å². The predicted molar refractivity (Wildman–Crippen MR) is 87.3 cm³/mol. The third-order valence-electron chi connectivity index (χ3n) is 3.87. The van der Waals surface area contributed by atoms with Gasteiger partial charge in [0.2, 0.25) is 0 Å². The zero-order valence-electron chi connectivity index (χ0n) is 13.3. The highest BCUT2D eigenvalue weighted by Gasteiger charge is 2.08. The van der Waals surface area contributed by atoms with Crippen molar-refractivity contribution in [2.45, 2.75) is 32.9 Å². The lowest BCUT2D eigenvalue weighted by molar-refractivity contribution is 0.248. The van der Waals surface area contributed by atoms with Crippen LogP contribution in [0.2, 0.25) is 0 Å². The molecule has 1 aromatic carbocycles. The lowest BCUT2D eigenvalue weighted by Crippen LogP contribution is -2.22. The van der Waals surface area contributed by atoms with Gasteiger partial charge in [-0.05, 0) is 42.8 Å². The van der Waals surface area contributed by atoms with Crippen molar-refractivity contribution in [1.82, 2.24) is 10.2 Å². The van der Waals surface area contributed by atoms with Gasteiger partial charge in [-0.15, -0.1) is 0 Å². The summed E-state index contributed by atoms with van der Waals surface area (Å²) in [6, 6.07) is 13.0. The second-order valence-electron chi connectivity index (χ2n) is 5.58. The van der Waals surface area contributed by atoms with Crippen LogP contribution in [-0.2, 0) is 13.1 Å². The van der Waals surface area contributed by atoms with E-state index in [-0.39, 0.29) is 0 Å². The second kappa shape index (κ2) is 8.01. The molecule has 3 heteroatoms. The van der Waals surface area contributed by atoms with Gasteiger partial charge < -0.3 is 9.73 Å². The fourth-order valence-corrected chi connectivity index (χ4v) is 2.54. The Kier molecular flexibility index (Phi) is 6.03. The number of rotatable bonds is 8. The topological polar surface area (TPSA) is 28.4 Å². The summed E-state index contributed by atoms with van der Waals surface area (Å²) in [4.78, 5) is 2.38. The maximum Gasteiger partial charge on any atom is 0.117 e. The molecule has 0 radical (unpaired) electrons. The van der Waals surface area contributed by atoms with Crippen LogP contribution >= 0.6 is 0 Å². The Morgan fingerprint density at radius 1 is 1.14 bits per heavy atom. The van der Waals surface area contributed by atoms with Crippen molar-refractivity contribution in [3.05, 3.63) is 59.5 Å². The number of nitrogens with one attached hydrogen (secondary N) is 1. The maximum absolute atomic E-state index is 5.43. The lowest BCUT2D eigenvalue weighted by atomic mass is 10.00. The summed E-state index contributed by atoms with van der Waals surface area (Å²) in [5, 5.41) is 3.23. The van der Waals surface area contributed by atoms with Crippen molar-refractivity contribution in [2.75, 3.05) is 20.1 Å². The van der Waals surface area contributed by atoms with E-state index in [1.807, 2.05) is 19.2 Å². The van der Waals surface area contributed by atoms with Gasteiger partial charge in [-0.25, -0.2) is 0 Å². The highest BCUT2D eigenvalue weighted by molar-refractivity contribution is 5.25. The number of hydrogen-bond acceptors (Lipinski definition) is 3. The molecule has 2 rings (SSSR count). The number of furan rings is 1. The summed E-state index contributed by atoms with van der Waals surface area (Å²) in [5.41, 5.74) is 2.74. The Hall–Kier alpha value is -1.58. The Labute approximate surface area is 128 Å². The minimum absolute atomic E-state index is 0.550. The number of benzene rings is 1. The summed E-state index contributed by atoms with van der Waals surface area (Å²) >= 11 is 0. The van der Waals surface area contributed by atoms with E-state index in [0.717, 1.165) is 31.9 Å². The highest BCUT2D eigenvalue weighted by Crippen LogP contribution is 2.16. The number of nitrogens with zero attached hydrogens (tertiary/aromatic N) is 1. The van der Waals surface area contributed by atoms with Crippen molar-refractivity contribution < 1.29 is 4.42 Å². The summed E-state index contributed by atoms with van der Waals surface area (Å²) in [6.45, 7) is 8.28. The standard InChI is InChI=1S/C18H26N2O/c1-4-20(14-18-6-5-11-21-18)13-16-7-9-17(10-8-16)15(2)12-19-3/h5-11,15,19H,4,12-14H2,1-3H3. The van der Waals surface area contributed by atoms with Gasteiger partial charge in [0.05, 0.1) is 12.8 Å². The summed E-state index contributed by atoms with van der Waals surface area (Å²) in [5.74, 6) is 1.57. The van der Waals surface area contributed by atoms with Gasteiger partial charge in [-0.2, -0.15) is 0 Å². The fourth-order valence-electron chi connectivity index (χ4n) is 2.54. The first-order chi connectivity index (χ1) is 10.2. The van der Waals surface area contributed by atoms with E-state index in [4.69, 9.17) is 4.42 Å². The van der Waals surface area contributed by atoms with E-state index in [0.29, 0.717) is 5.92 Å². The average Bonchev–Trinajstić information content (AvgIpc) is 3.00. The molecule has 0 bridgehead atoms. The average molecular weight is 286 g/mol. The van der Waals surface area contributed by atoms with Crippen LogP contribution in [0.3, 0.4) is 0 Å². The molecule has 0 saturated carbocycles. The van der Waals surface area contributed by atoms with Crippen molar-refractivity contribution in [2.24, 2.45) is 0 Å². The highest BCUT2D eigenvalue weighted by atomic mass is 16.3. The molecular weight excluding hydrogens is 260 g/mol. The largest absolute Gasteiger partial charge is 0.468 e. The minimum atomic E-state index is 0.550. The molecule has 0 amide bonds. The van der Waals surface area contributed by atoms with Gasteiger partial charge in [0, 0.05) is 13.1 Å². The van der Waals surface area contributed by atoms with E-state index >= 15 is 0 Å². The molecule has 21 heavy (non-hydrogen) atoms. The van der Waals surface area contributed by atoms with Crippen LogP contribution in [0.15, 0.2) is 47.1 Å². The van der Waals surface area contributed by atoms with Gasteiger partial charge in [-0.1, -0.05) is 38.1 Å². The lowest BCUT2D eigenvalue weighted by Gasteiger charge is -2.19. The van der Waals surface area contributed by atoms with Crippen LogP contribution in [-0.4, -0.2) is 25.0 Å². The monoisotopic (exact) mass is 286 g/mol. The van der Waals surface area contributed by atoms with Crippen molar-refractivity contribution in [3.8, 4) is 0 Å². The number of likely N-dealkylation sites (N-methyl/N-ethyl adjacent to an activating group) is 1. The van der Waals surface area contributed by atoms with E-state index in [2.05, 4.69) is 48.3 Å². The summed E-state index contributed by atoms with van der Waals surface area (Å²) in [6.07, 6.45) is 1.74. The van der Waals surface area contributed by atoms with Crippen LogP contribution in [0.4, 0.5) is 0 Å². The van der Waals surface area contributed by atoms with Crippen LogP contribution in [0.5, 0.6) is 0 Å². The molecule has 3 nitrogen and oxygen atoms in total. The zero-order chi connectivity index (χ0) is 15.1. The zero-order valence-corrected chi connectivity index (χ0v) is 13.3. The van der Waals surface area contributed by atoms with Crippen LogP contribution in [0.1, 0.15) is 36.7 Å². The molecular formula is C18H26N2O. The molecule has 1 atom stereocenters. The van der Waals surface area contributed by atoms with Crippen molar-refractivity contribution in [1.29, 1.82) is 0 Å². The molecule has 114 valence electrons. The minimum Gasteiger partial charge on any atom is -0.468 e. The first kappa shape index (κ1) is 15.8. The third kappa shape index (κ3) is 4.73. The summed E-state index contributed by atoms with van der Waals surface area (Å²) < 4.78 is 5.43. The molecule has 0 aliphatic rings. The molecule has 0 aliphatic carbocycles. The molecule has 1 heterocycles. The Balaban J connectivity index is 1.94. The SMILES string of the molecule is CCN(Cc1ccc(C(C)CNC)cc1)Cc1ccco1. The van der Waals surface area contributed by atoms with Gasteiger partial charge in [0.25, 0.3) is 0 Å². The van der Waals surface area contributed by atoms with Crippen LogP contribution in [0, 0.1) is 0 Å². The smallest absolute Gasteiger partial charge is 0.117 e. The Morgan fingerprint density at radius 2 is 1.90 bits per heavy atom. The van der Waals surface area contributed by atoms with Gasteiger partial charge in [0.1, 0.15) is 5.76 Å². The predicted octanol–water partition coefficient (Wildman–Crippen LogP) is 3.62. The first-order valence-electron chi connectivity index (χ1n) is 7.71. The number of hydrogen-bond donors (Lipinski definition) is 1. The first-order valence-corrected chi connectivity index (χ1v) is 7.71. The van der Waals surface area contributed by atoms with Gasteiger partial charge in [-0.3, -0.25) is 4.90 Å². The molecule has 0 saturated heterocycles.